The number of benzene rings is 2. The number of hydrogen-bond acceptors (Lipinski definition) is 7. The molecule has 2 aromatic carbocycles. The molecular weight excluding hydrogens is 328 g/mol. The van der Waals surface area contributed by atoms with E-state index in [1.54, 1.807) is 24.3 Å². The normalized spacial score (nSPS) is 10.1. The highest BCUT2D eigenvalue weighted by Crippen LogP contribution is 2.20. The van der Waals surface area contributed by atoms with Crippen LogP contribution in [-0.2, 0) is 4.74 Å². The van der Waals surface area contributed by atoms with Gasteiger partial charge in [0.2, 0.25) is 0 Å². The third-order valence-corrected chi connectivity index (χ3v) is 3.29. The summed E-state index contributed by atoms with van der Waals surface area (Å²) in [6.07, 6.45) is 0. The number of nitrogens with two attached hydrogens (primary N) is 1. The highest BCUT2D eigenvalue weighted by atomic mass is 16.6. The maximum atomic E-state index is 12.1. The molecule has 2 N–H and O–H groups in total. The predicted octanol–water partition coefficient (Wildman–Crippen LogP) is 2.62. The highest BCUT2D eigenvalue weighted by Gasteiger charge is 2.18. The zero-order chi connectivity index (χ0) is 18.4. The lowest BCUT2D eigenvalue weighted by Crippen LogP contribution is -2.15. The Morgan fingerprint density at radius 1 is 1.16 bits per heavy atom. The van der Waals surface area contributed by atoms with Crippen molar-refractivity contribution in [3.05, 3.63) is 63.7 Å². The molecule has 0 aliphatic rings. The van der Waals surface area contributed by atoms with Gasteiger partial charge in [-0.1, -0.05) is 0 Å². The lowest BCUT2D eigenvalue weighted by atomic mass is 10.1. The number of ketones is 1. The zero-order valence-electron chi connectivity index (χ0n) is 13.4. The number of non-ortho nitro benzene ring substituents is 1. The van der Waals surface area contributed by atoms with Crippen LogP contribution in [0.4, 0.5) is 11.4 Å². The van der Waals surface area contributed by atoms with Crippen molar-refractivity contribution in [1.82, 2.24) is 0 Å². The number of nitrogen functional groups attached to an aromatic ring is 1. The average Bonchev–Trinajstić information content (AvgIpc) is 2.60. The van der Waals surface area contributed by atoms with E-state index in [9.17, 15) is 19.7 Å². The Kier molecular flexibility index (Phi) is 5.67. The van der Waals surface area contributed by atoms with Gasteiger partial charge in [-0.05, 0) is 37.3 Å². The number of carbonyl (C=O) groups excluding carboxylic acids is 2. The summed E-state index contributed by atoms with van der Waals surface area (Å²) in [6, 6.07) is 9.82. The number of nitro benzene ring substituents is 1. The molecule has 8 heteroatoms. The van der Waals surface area contributed by atoms with Gasteiger partial charge in [0.05, 0.1) is 17.1 Å². The second-order valence-corrected chi connectivity index (χ2v) is 4.99. The number of Topliss-reactive ketones (excluding diaryl/α,β-unsaturated/α-hetero) is 1. The first-order valence-corrected chi connectivity index (χ1v) is 7.39. The number of anilines is 1. The summed E-state index contributed by atoms with van der Waals surface area (Å²) < 4.78 is 10.2. The van der Waals surface area contributed by atoms with Gasteiger partial charge < -0.3 is 15.2 Å². The molecule has 130 valence electrons. The molecule has 0 radical (unpaired) electrons. The van der Waals surface area contributed by atoms with Crippen LogP contribution in [0, 0.1) is 10.1 Å². The van der Waals surface area contributed by atoms with Crippen molar-refractivity contribution < 1.29 is 24.0 Å². The molecule has 0 fully saturated rings. The van der Waals surface area contributed by atoms with E-state index in [0.29, 0.717) is 17.9 Å². The molecule has 0 unspecified atom stereocenters. The van der Waals surface area contributed by atoms with Crippen LogP contribution in [0.2, 0.25) is 0 Å². The van der Waals surface area contributed by atoms with Crippen molar-refractivity contribution in [3.63, 3.8) is 0 Å². The molecule has 8 nitrogen and oxygen atoms in total. The Hall–Kier alpha value is -3.42. The van der Waals surface area contributed by atoms with Gasteiger partial charge in [-0.3, -0.25) is 14.9 Å². The zero-order valence-corrected chi connectivity index (χ0v) is 13.4. The first kappa shape index (κ1) is 17.9. The fourth-order valence-electron chi connectivity index (χ4n) is 2.03. The summed E-state index contributed by atoms with van der Waals surface area (Å²) in [6.45, 7) is 1.85. The van der Waals surface area contributed by atoms with Crippen LogP contribution in [0.1, 0.15) is 27.6 Å². The van der Waals surface area contributed by atoms with Crippen molar-refractivity contribution in [1.29, 1.82) is 0 Å². The summed E-state index contributed by atoms with van der Waals surface area (Å²) >= 11 is 0. The summed E-state index contributed by atoms with van der Waals surface area (Å²) in [7, 11) is 0. The minimum Gasteiger partial charge on any atom is -0.494 e. The second-order valence-electron chi connectivity index (χ2n) is 4.99. The van der Waals surface area contributed by atoms with Gasteiger partial charge in [0.25, 0.3) is 5.69 Å². The Morgan fingerprint density at radius 3 is 2.44 bits per heavy atom. The first-order chi connectivity index (χ1) is 11.9. The van der Waals surface area contributed by atoms with Gasteiger partial charge in [-0.15, -0.1) is 0 Å². The first-order valence-electron chi connectivity index (χ1n) is 7.39. The smallest absolute Gasteiger partial charge is 0.340 e. The molecule has 0 spiro atoms. The van der Waals surface area contributed by atoms with Gasteiger partial charge in [0.1, 0.15) is 5.75 Å². The Balaban J connectivity index is 2.03. The van der Waals surface area contributed by atoms with Gasteiger partial charge in [0, 0.05) is 23.4 Å². The maximum Gasteiger partial charge on any atom is 0.340 e. The van der Waals surface area contributed by atoms with Crippen molar-refractivity contribution in [3.8, 4) is 5.75 Å². The number of rotatable bonds is 7. The Bertz CT molecular complexity index is 801. The van der Waals surface area contributed by atoms with E-state index in [4.69, 9.17) is 15.2 Å². The number of esters is 1. The van der Waals surface area contributed by atoms with Gasteiger partial charge in [-0.25, -0.2) is 4.79 Å². The monoisotopic (exact) mass is 344 g/mol. The molecule has 0 saturated carbocycles. The van der Waals surface area contributed by atoms with Crippen LogP contribution in [0.3, 0.4) is 0 Å². The second kappa shape index (κ2) is 7.91. The van der Waals surface area contributed by atoms with Crippen LogP contribution < -0.4 is 10.5 Å². The highest BCUT2D eigenvalue weighted by molar-refractivity contribution is 6.01. The molecule has 0 amide bonds. The van der Waals surface area contributed by atoms with Crippen LogP contribution in [-0.4, -0.2) is 29.9 Å². The fraction of sp³-hybridized carbons (Fsp3) is 0.176. The molecule has 2 rings (SSSR count). The van der Waals surface area contributed by atoms with Gasteiger partial charge in [0.15, 0.2) is 12.4 Å². The number of nitro groups is 1. The van der Waals surface area contributed by atoms with E-state index in [0.717, 1.165) is 6.07 Å². The van der Waals surface area contributed by atoms with Gasteiger partial charge >= 0.3 is 5.97 Å². The summed E-state index contributed by atoms with van der Waals surface area (Å²) in [5.41, 5.74) is 5.56. The molecule has 2 aromatic rings. The Labute approximate surface area is 143 Å². The van der Waals surface area contributed by atoms with Crippen molar-refractivity contribution in [2.45, 2.75) is 6.92 Å². The topological polar surface area (TPSA) is 122 Å². The molecule has 0 aromatic heterocycles. The van der Waals surface area contributed by atoms with E-state index in [1.165, 1.54) is 12.1 Å². The minimum absolute atomic E-state index is 0.0316. The van der Waals surface area contributed by atoms with Crippen LogP contribution in [0.5, 0.6) is 5.75 Å². The lowest BCUT2D eigenvalue weighted by molar-refractivity contribution is -0.384. The maximum absolute atomic E-state index is 12.1. The predicted molar refractivity (Wildman–Crippen MR) is 89.7 cm³/mol. The molecule has 0 bridgehead atoms. The largest absolute Gasteiger partial charge is 0.494 e. The summed E-state index contributed by atoms with van der Waals surface area (Å²) in [5, 5.41) is 10.8. The van der Waals surface area contributed by atoms with E-state index < -0.39 is 23.3 Å². The van der Waals surface area contributed by atoms with Crippen molar-refractivity contribution in [2.75, 3.05) is 18.9 Å². The number of ether oxygens (including phenoxy) is 2. The van der Waals surface area contributed by atoms with Crippen LogP contribution >= 0.6 is 0 Å². The van der Waals surface area contributed by atoms with E-state index in [2.05, 4.69) is 0 Å². The van der Waals surface area contributed by atoms with Crippen molar-refractivity contribution >= 4 is 23.1 Å². The minimum atomic E-state index is -0.902. The van der Waals surface area contributed by atoms with E-state index in [1.807, 2.05) is 6.92 Å². The number of carbonyl (C=O) groups is 2. The van der Waals surface area contributed by atoms with E-state index in [-0.39, 0.29) is 16.9 Å². The Morgan fingerprint density at radius 2 is 1.84 bits per heavy atom. The fourth-order valence-corrected chi connectivity index (χ4v) is 2.03. The third kappa shape index (κ3) is 4.54. The molecule has 25 heavy (non-hydrogen) atoms. The van der Waals surface area contributed by atoms with Crippen LogP contribution in [0.25, 0.3) is 0 Å². The van der Waals surface area contributed by atoms with Crippen molar-refractivity contribution in [2.24, 2.45) is 0 Å². The molecule has 0 heterocycles. The summed E-state index contributed by atoms with van der Waals surface area (Å²) in [5.74, 6) is -0.693. The quantitative estimate of drug-likeness (QED) is 0.269. The molecular formula is C17H16N2O6. The SMILES string of the molecule is CCOc1ccc(C(=O)COC(=O)c2cc([N+](=O)[O-])ccc2N)cc1. The molecule has 0 saturated heterocycles. The third-order valence-electron chi connectivity index (χ3n) is 3.29. The molecule has 0 aliphatic heterocycles. The number of nitrogens with zero attached hydrogens (tertiary/aromatic N) is 1. The average molecular weight is 344 g/mol. The lowest BCUT2D eigenvalue weighted by Gasteiger charge is -2.07. The van der Waals surface area contributed by atoms with Gasteiger partial charge in [-0.2, -0.15) is 0 Å². The molecule has 0 atom stereocenters. The van der Waals surface area contributed by atoms with Crippen LogP contribution in [0.15, 0.2) is 42.5 Å². The number of hydrogen-bond donors (Lipinski definition) is 1. The standard InChI is InChI=1S/C17H16N2O6/c1-2-24-13-6-3-11(4-7-13)16(20)10-25-17(21)14-9-12(19(22)23)5-8-15(14)18/h3-9H,2,10,18H2,1H3. The van der Waals surface area contributed by atoms with E-state index >= 15 is 0 Å². The molecule has 0 aliphatic carbocycles. The summed E-state index contributed by atoms with van der Waals surface area (Å²) in [4.78, 5) is 34.2.